The van der Waals surface area contributed by atoms with Gasteiger partial charge in [-0.05, 0) is 43.5 Å². The minimum atomic E-state index is -0.671. The second-order valence-corrected chi connectivity index (χ2v) is 5.22. The molecule has 1 N–H and O–H groups in total. The normalized spacial score (nSPS) is 20.2. The molecule has 4 heteroatoms. The molecule has 1 saturated heterocycles. The van der Waals surface area contributed by atoms with Crippen LogP contribution >= 0.6 is 0 Å². The molecule has 2 rings (SSSR count). The molecule has 1 aliphatic heterocycles. The zero-order chi connectivity index (χ0) is 13.8. The minimum Gasteiger partial charge on any atom is -0.496 e. The van der Waals surface area contributed by atoms with E-state index in [1.54, 1.807) is 7.11 Å². The third kappa shape index (κ3) is 3.47. The number of ether oxygens (including phenoxy) is 1. The van der Waals surface area contributed by atoms with Crippen molar-refractivity contribution >= 4 is 5.97 Å². The quantitative estimate of drug-likeness (QED) is 0.905. The molecule has 0 bridgehead atoms. The first-order chi connectivity index (χ1) is 9.10. The maximum Gasteiger partial charge on any atom is 0.307 e. The summed E-state index contributed by atoms with van der Waals surface area (Å²) in [6.45, 7) is 4.47. The number of aryl methyl sites for hydroxylation is 1. The molecule has 19 heavy (non-hydrogen) atoms. The predicted octanol–water partition coefficient (Wildman–Crippen LogP) is 2.30. The lowest BCUT2D eigenvalue weighted by atomic mass is 9.97. The maximum absolute atomic E-state index is 11.0. The Morgan fingerprint density at radius 2 is 2.32 bits per heavy atom. The lowest BCUT2D eigenvalue weighted by molar-refractivity contribution is -0.143. The van der Waals surface area contributed by atoms with Crippen molar-refractivity contribution in [3.63, 3.8) is 0 Å². The third-order valence-corrected chi connectivity index (χ3v) is 3.72. The van der Waals surface area contributed by atoms with E-state index >= 15 is 0 Å². The van der Waals surface area contributed by atoms with Crippen molar-refractivity contribution in [3.8, 4) is 5.75 Å². The van der Waals surface area contributed by atoms with Gasteiger partial charge in [0.1, 0.15) is 5.75 Å². The smallest absolute Gasteiger partial charge is 0.307 e. The summed E-state index contributed by atoms with van der Waals surface area (Å²) in [5.41, 5.74) is 2.33. The summed E-state index contributed by atoms with van der Waals surface area (Å²) in [4.78, 5) is 13.3. The van der Waals surface area contributed by atoms with Crippen molar-refractivity contribution in [1.82, 2.24) is 4.90 Å². The van der Waals surface area contributed by atoms with E-state index in [0.717, 1.165) is 37.2 Å². The van der Waals surface area contributed by atoms with Gasteiger partial charge in [-0.1, -0.05) is 12.1 Å². The van der Waals surface area contributed by atoms with Crippen LogP contribution in [0.5, 0.6) is 5.75 Å². The Morgan fingerprint density at radius 1 is 1.53 bits per heavy atom. The first-order valence-corrected chi connectivity index (χ1v) is 6.69. The van der Waals surface area contributed by atoms with E-state index in [0.29, 0.717) is 6.54 Å². The van der Waals surface area contributed by atoms with E-state index in [1.165, 1.54) is 5.56 Å². The average Bonchev–Trinajstić information content (AvgIpc) is 2.39. The van der Waals surface area contributed by atoms with Crippen LogP contribution in [0.15, 0.2) is 18.2 Å². The Kier molecular flexibility index (Phi) is 4.43. The van der Waals surface area contributed by atoms with Crippen LogP contribution in [-0.4, -0.2) is 36.2 Å². The Hall–Kier alpha value is -1.55. The van der Waals surface area contributed by atoms with Crippen LogP contribution in [0.25, 0.3) is 0 Å². The van der Waals surface area contributed by atoms with E-state index in [1.807, 2.05) is 13.0 Å². The van der Waals surface area contributed by atoms with Gasteiger partial charge in [-0.15, -0.1) is 0 Å². The van der Waals surface area contributed by atoms with Gasteiger partial charge in [0.2, 0.25) is 0 Å². The van der Waals surface area contributed by atoms with Crippen molar-refractivity contribution in [2.75, 3.05) is 20.2 Å². The van der Waals surface area contributed by atoms with Gasteiger partial charge in [-0.25, -0.2) is 0 Å². The average molecular weight is 263 g/mol. The fraction of sp³-hybridized carbons (Fsp3) is 0.533. The second-order valence-electron chi connectivity index (χ2n) is 5.22. The third-order valence-electron chi connectivity index (χ3n) is 3.72. The molecule has 1 unspecified atom stereocenters. The highest BCUT2D eigenvalue weighted by molar-refractivity contribution is 5.70. The first kappa shape index (κ1) is 13.9. The van der Waals surface area contributed by atoms with Crippen molar-refractivity contribution < 1.29 is 14.6 Å². The highest BCUT2D eigenvalue weighted by atomic mass is 16.5. The van der Waals surface area contributed by atoms with Gasteiger partial charge in [0.05, 0.1) is 13.0 Å². The topological polar surface area (TPSA) is 49.8 Å². The van der Waals surface area contributed by atoms with E-state index < -0.39 is 5.97 Å². The van der Waals surface area contributed by atoms with Crippen molar-refractivity contribution in [2.45, 2.75) is 26.3 Å². The van der Waals surface area contributed by atoms with E-state index in [4.69, 9.17) is 9.84 Å². The van der Waals surface area contributed by atoms with Crippen LogP contribution < -0.4 is 4.74 Å². The van der Waals surface area contributed by atoms with Crippen LogP contribution in [0.3, 0.4) is 0 Å². The van der Waals surface area contributed by atoms with Crippen LogP contribution in [0, 0.1) is 12.8 Å². The number of methoxy groups -OCH3 is 1. The van der Waals surface area contributed by atoms with Gasteiger partial charge in [-0.3, -0.25) is 9.69 Å². The first-order valence-electron chi connectivity index (χ1n) is 6.69. The number of nitrogens with zero attached hydrogens (tertiary/aromatic N) is 1. The zero-order valence-corrected chi connectivity index (χ0v) is 11.6. The molecule has 0 radical (unpaired) electrons. The molecule has 0 aromatic heterocycles. The van der Waals surface area contributed by atoms with Gasteiger partial charge in [0, 0.05) is 13.1 Å². The molecule has 1 aromatic rings. The number of rotatable bonds is 4. The van der Waals surface area contributed by atoms with Gasteiger partial charge >= 0.3 is 5.97 Å². The number of benzene rings is 1. The molecule has 0 aliphatic carbocycles. The number of carbonyl (C=O) groups is 1. The lowest BCUT2D eigenvalue weighted by Crippen LogP contribution is -2.38. The summed E-state index contributed by atoms with van der Waals surface area (Å²) >= 11 is 0. The fourth-order valence-electron chi connectivity index (χ4n) is 2.70. The van der Waals surface area contributed by atoms with Gasteiger partial charge in [0.25, 0.3) is 0 Å². The summed E-state index contributed by atoms with van der Waals surface area (Å²) in [6, 6.07) is 6.14. The summed E-state index contributed by atoms with van der Waals surface area (Å²) in [5.74, 6) is 0.00881. The molecule has 1 aromatic carbocycles. The molecule has 0 amide bonds. The van der Waals surface area contributed by atoms with Crippen molar-refractivity contribution in [2.24, 2.45) is 5.92 Å². The van der Waals surface area contributed by atoms with Crippen LogP contribution in [-0.2, 0) is 11.3 Å². The van der Waals surface area contributed by atoms with E-state index in [9.17, 15) is 4.79 Å². The number of piperidine rings is 1. The molecule has 4 nitrogen and oxygen atoms in total. The van der Waals surface area contributed by atoms with Gasteiger partial charge in [-0.2, -0.15) is 0 Å². The number of aliphatic carboxylic acids is 1. The zero-order valence-electron chi connectivity index (χ0n) is 11.6. The highest BCUT2D eigenvalue weighted by Gasteiger charge is 2.25. The Balaban J connectivity index is 2.00. The van der Waals surface area contributed by atoms with Crippen molar-refractivity contribution in [1.29, 1.82) is 0 Å². The maximum atomic E-state index is 11.0. The van der Waals surface area contributed by atoms with E-state index in [-0.39, 0.29) is 5.92 Å². The monoisotopic (exact) mass is 263 g/mol. The number of likely N-dealkylation sites (tertiary alicyclic amines) is 1. The second kappa shape index (κ2) is 6.06. The van der Waals surface area contributed by atoms with Crippen LogP contribution in [0.4, 0.5) is 0 Å². The lowest BCUT2D eigenvalue weighted by Gasteiger charge is -2.30. The summed E-state index contributed by atoms with van der Waals surface area (Å²) in [7, 11) is 1.67. The summed E-state index contributed by atoms with van der Waals surface area (Å²) in [5, 5.41) is 9.09. The molecule has 1 fully saturated rings. The summed E-state index contributed by atoms with van der Waals surface area (Å²) < 4.78 is 5.25. The highest BCUT2D eigenvalue weighted by Crippen LogP contribution is 2.22. The van der Waals surface area contributed by atoms with Crippen molar-refractivity contribution in [3.05, 3.63) is 29.3 Å². The molecule has 1 heterocycles. The molecule has 104 valence electrons. The predicted molar refractivity (Wildman–Crippen MR) is 73.4 cm³/mol. The standard InChI is InChI=1S/C15H21NO3/c1-11-8-12(5-6-14(11)19-2)9-16-7-3-4-13(10-16)15(17)18/h5-6,8,13H,3-4,7,9-10H2,1-2H3,(H,17,18). The Bertz CT molecular complexity index is 459. The van der Waals surface area contributed by atoms with E-state index in [2.05, 4.69) is 17.0 Å². The molecule has 1 aliphatic rings. The Labute approximate surface area is 114 Å². The largest absolute Gasteiger partial charge is 0.496 e. The molecule has 0 saturated carbocycles. The summed E-state index contributed by atoms with van der Waals surface area (Å²) in [6.07, 6.45) is 1.76. The minimum absolute atomic E-state index is 0.215. The van der Waals surface area contributed by atoms with Crippen LogP contribution in [0.2, 0.25) is 0 Å². The molecular weight excluding hydrogens is 242 g/mol. The number of carboxylic acid groups (broad SMARTS) is 1. The molecule has 0 spiro atoms. The van der Waals surface area contributed by atoms with Gasteiger partial charge < -0.3 is 9.84 Å². The van der Waals surface area contributed by atoms with Crippen LogP contribution in [0.1, 0.15) is 24.0 Å². The molecule has 1 atom stereocenters. The fourth-order valence-corrected chi connectivity index (χ4v) is 2.70. The Morgan fingerprint density at radius 3 is 2.95 bits per heavy atom. The molecular formula is C15H21NO3. The number of hydrogen-bond acceptors (Lipinski definition) is 3. The number of hydrogen-bond donors (Lipinski definition) is 1. The SMILES string of the molecule is COc1ccc(CN2CCCC(C(=O)O)C2)cc1C. The van der Waals surface area contributed by atoms with Gasteiger partial charge in [0.15, 0.2) is 0 Å². The number of carboxylic acids is 1.